The van der Waals surface area contributed by atoms with Crippen molar-refractivity contribution in [3.63, 3.8) is 0 Å². The Balaban J connectivity index is 1.32. The number of aromatic nitrogens is 2. The van der Waals surface area contributed by atoms with Crippen molar-refractivity contribution < 1.29 is 9.59 Å². The smallest absolute Gasteiger partial charge is 0.239 e. The maximum Gasteiger partial charge on any atom is 0.239 e. The Morgan fingerprint density at radius 3 is 2.50 bits per heavy atom. The van der Waals surface area contributed by atoms with Gasteiger partial charge in [0.1, 0.15) is 5.82 Å². The van der Waals surface area contributed by atoms with Gasteiger partial charge in [-0.2, -0.15) is 0 Å². The van der Waals surface area contributed by atoms with Crippen molar-refractivity contribution in [3.05, 3.63) is 66.0 Å². The zero-order chi connectivity index (χ0) is 18.2. The van der Waals surface area contributed by atoms with Gasteiger partial charge < -0.3 is 15.6 Å². The van der Waals surface area contributed by atoms with Gasteiger partial charge in [0.2, 0.25) is 11.8 Å². The third-order valence-electron chi connectivity index (χ3n) is 4.00. The lowest BCUT2D eigenvalue weighted by Crippen LogP contribution is -2.38. The molecule has 0 atom stereocenters. The van der Waals surface area contributed by atoms with Crippen LogP contribution in [0.25, 0.3) is 11.0 Å². The van der Waals surface area contributed by atoms with E-state index in [2.05, 4.69) is 20.6 Å². The van der Waals surface area contributed by atoms with Crippen molar-refractivity contribution in [2.75, 3.05) is 13.1 Å². The highest BCUT2D eigenvalue weighted by atomic mass is 16.2. The SMILES string of the molecule is O=C(CNC(=O)Cc1ccccc1)NCCCc1nc2ccccc2[nH]1. The molecule has 0 radical (unpaired) electrons. The van der Waals surface area contributed by atoms with Crippen LogP contribution in [0.2, 0.25) is 0 Å². The maximum absolute atomic E-state index is 11.8. The van der Waals surface area contributed by atoms with E-state index in [9.17, 15) is 9.59 Å². The highest BCUT2D eigenvalue weighted by Gasteiger charge is 2.06. The van der Waals surface area contributed by atoms with E-state index in [0.717, 1.165) is 35.3 Å². The van der Waals surface area contributed by atoms with Crippen molar-refractivity contribution in [1.82, 2.24) is 20.6 Å². The predicted octanol–water partition coefficient (Wildman–Crippen LogP) is 1.97. The van der Waals surface area contributed by atoms with Crippen LogP contribution in [0.15, 0.2) is 54.6 Å². The normalized spacial score (nSPS) is 10.6. The van der Waals surface area contributed by atoms with Crippen molar-refractivity contribution in [2.24, 2.45) is 0 Å². The average molecular weight is 350 g/mol. The minimum atomic E-state index is -0.184. The van der Waals surface area contributed by atoms with E-state index in [-0.39, 0.29) is 24.8 Å². The summed E-state index contributed by atoms with van der Waals surface area (Å²) < 4.78 is 0. The summed E-state index contributed by atoms with van der Waals surface area (Å²) in [7, 11) is 0. The Labute approximate surface area is 152 Å². The fourth-order valence-corrected chi connectivity index (χ4v) is 2.69. The molecule has 26 heavy (non-hydrogen) atoms. The first-order valence-corrected chi connectivity index (χ1v) is 8.71. The molecule has 0 bridgehead atoms. The van der Waals surface area contributed by atoms with Crippen LogP contribution in [0.4, 0.5) is 0 Å². The number of benzene rings is 2. The van der Waals surface area contributed by atoms with Crippen LogP contribution in [-0.4, -0.2) is 34.9 Å². The molecule has 0 saturated carbocycles. The Morgan fingerprint density at radius 1 is 0.923 bits per heavy atom. The molecule has 0 aliphatic heterocycles. The van der Waals surface area contributed by atoms with Gasteiger partial charge in [-0.15, -0.1) is 0 Å². The monoisotopic (exact) mass is 350 g/mol. The quantitative estimate of drug-likeness (QED) is 0.543. The number of carbonyl (C=O) groups excluding carboxylic acids is 2. The van der Waals surface area contributed by atoms with Crippen molar-refractivity contribution in [2.45, 2.75) is 19.3 Å². The van der Waals surface area contributed by atoms with Gasteiger partial charge in [-0.1, -0.05) is 42.5 Å². The number of amides is 2. The van der Waals surface area contributed by atoms with Gasteiger partial charge in [0.15, 0.2) is 0 Å². The van der Waals surface area contributed by atoms with Crippen molar-refractivity contribution >= 4 is 22.8 Å². The van der Waals surface area contributed by atoms with Crippen LogP contribution in [0, 0.1) is 0 Å². The molecule has 0 unspecified atom stereocenters. The number of rotatable bonds is 8. The van der Waals surface area contributed by atoms with E-state index >= 15 is 0 Å². The van der Waals surface area contributed by atoms with Crippen LogP contribution in [0.3, 0.4) is 0 Å². The van der Waals surface area contributed by atoms with E-state index in [0.29, 0.717) is 6.54 Å². The number of carbonyl (C=O) groups is 2. The lowest BCUT2D eigenvalue weighted by atomic mass is 10.1. The maximum atomic E-state index is 11.8. The number of aryl methyl sites for hydroxylation is 1. The molecule has 1 heterocycles. The topological polar surface area (TPSA) is 86.9 Å². The summed E-state index contributed by atoms with van der Waals surface area (Å²) in [5.41, 5.74) is 2.90. The van der Waals surface area contributed by atoms with E-state index in [4.69, 9.17) is 0 Å². The van der Waals surface area contributed by atoms with E-state index in [1.165, 1.54) is 0 Å². The minimum Gasteiger partial charge on any atom is -0.355 e. The van der Waals surface area contributed by atoms with Gasteiger partial charge in [-0.05, 0) is 24.1 Å². The third-order valence-corrected chi connectivity index (χ3v) is 4.00. The summed E-state index contributed by atoms with van der Waals surface area (Å²) in [6.07, 6.45) is 1.82. The largest absolute Gasteiger partial charge is 0.355 e. The van der Waals surface area contributed by atoms with Gasteiger partial charge in [0, 0.05) is 13.0 Å². The van der Waals surface area contributed by atoms with Gasteiger partial charge in [-0.3, -0.25) is 9.59 Å². The van der Waals surface area contributed by atoms with Crippen molar-refractivity contribution in [1.29, 1.82) is 0 Å². The molecular weight excluding hydrogens is 328 g/mol. The summed E-state index contributed by atoms with van der Waals surface area (Å²) in [5, 5.41) is 5.45. The second-order valence-corrected chi connectivity index (χ2v) is 6.09. The number of nitrogens with zero attached hydrogens (tertiary/aromatic N) is 1. The zero-order valence-electron chi connectivity index (χ0n) is 14.5. The van der Waals surface area contributed by atoms with Gasteiger partial charge in [0.05, 0.1) is 24.0 Å². The predicted molar refractivity (Wildman–Crippen MR) is 101 cm³/mol. The first kappa shape index (κ1) is 17.7. The Hall–Kier alpha value is -3.15. The molecule has 0 aliphatic carbocycles. The number of fused-ring (bicyclic) bond motifs is 1. The lowest BCUT2D eigenvalue weighted by molar-refractivity contribution is -0.125. The fourth-order valence-electron chi connectivity index (χ4n) is 2.69. The second kappa shape index (κ2) is 8.80. The minimum absolute atomic E-state index is 0.00367. The van der Waals surface area contributed by atoms with E-state index < -0.39 is 0 Å². The van der Waals surface area contributed by atoms with Crippen LogP contribution < -0.4 is 10.6 Å². The highest BCUT2D eigenvalue weighted by Crippen LogP contribution is 2.11. The molecular formula is C20H22N4O2. The zero-order valence-corrected chi connectivity index (χ0v) is 14.5. The first-order chi connectivity index (χ1) is 12.7. The van der Waals surface area contributed by atoms with E-state index in [1.54, 1.807) is 0 Å². The molecule has 2 aromatic carbocycles. The van der Waals surface area contributed by atoms with Crippen LogP contribution >= 0.6 is 0 Å². The molecule has 2 amide bonds. The highest BCUT2D eigenvalue weighted by molar-refractivity contribution is 5.85. The van der Waals surface area contributed by atoms with Crippen LogP contribution in [0.5, 0.6) is 0 Å². The number of para-hydroxylation sites is 2. The molecule has 3 rings (SSSR count). The number of hydrogen-bond donors (Lipinski definition) is 3. The van der Waals surface area contributed by atoms with Crippen molar-refractivity contribution in [3.8, 4) is 0 Å². The molecule has 3 aromatic rings. The Morgan fingerprint density at radius 2 is 1.69 bits per heavy atom. The molecule has 0 saturated heterocycles. The Kier molecular flexibility index (Phi) is 5.98. The summed E-state index contributed by atoms with van der Waals surface area (Å²) in [6, 6.07) is 17.3. The second-order valence-electron chi connectivity index (χ2n) is 6.09. The molecule has 0 spiro atoms. The number of aromatic amines is 1. The summed E-state index contributed by atoms with van der Waals surface area (Å²) in [4.78, 5) is 31.4. The van der Waals surface area contributed by atoms with Gasteiger partial charge in [0.25, 0.3) is 0 Å². The number of nitrogens with one attached hydrogen (secondary N) is 3. The molecule has 0 fully saturated rings. The summed E-state index contributed by atoms with van der Waals surface area (Å²) >= 11 is 0. The van der Waals surface area contributed by atoms with Crippen LogP contribution in [-0.2, 0) is 22.4 Å². The fraction of sp³-hybridized carbons (Fsp3) is 0.250. The number of hydrogen-bond acceptors (Lipinski definition) is 3. The molecule has 6 nitrogen and oxygen atoms in total. The van der Waals surface area contributed by atoms with E-state index in [1.807, 2.05) is 54.6 Å². The summed E-state index contributed by atoms with van der Waals surface area (Å²) in [6.45, 7) is 0.542. The van der Waals surface area contributed by atoms with Crippen LogP contribution in [0.1, 0.15) is 17.8 Å². The molecule has 134 valence electrons. The lowest BCUT2D eigenvalue weighted by Gasteiger charge is -2.06. The molecule has 1 aromatic heterocycles. The molecule has 6 heteroatoms. The first-order valence-electron chi connectivity index (χ1n) is 8.71. The number of H-pyrrole nitrogens is 1. The molecule has 3 N–H and O–H groups in total. The van der Waals surface area contributed by atoms with Gasteiger partial charge in [-0.25, -0.2) is 4.98 Å². The third kappa shape index (κ3) is 5.17. The summed E-state index contributed by atoms with van der Waals surface area (Å²) in [5.74, 6) is 0.571. The molecule has 0 aliphatic rings. The van der Waals surface area contributed by atoms with Gasteiger partial charge >= 0.3 is 0 Å². The number of imidazole rings is 1. The Bertz CT molecular complexity index is 841. The average Bonchev–Trinajstić information content (AvgIpc) is 3.07. The standard InChI is InChI=1S/C20H22N4O2/c25-19(13-15-7-2-1-3-8-15)22-14-20(26)21-12-6-11-18-23-16-9-4-5-10-17(16)24-18/h1-5,7-10H,6,11-14H2,(H,21,26)(H,22,25)(H,23,24).